The summed E-state index contributed by atoms with van der Waals surface area (Å²) in [5.74, 6) is 5.79. The highest BCUT2D eigenvalue weighted by Gasteiger charge is 2.01. The summed E-state index contributed by atoms with van der Waals surface area (Å²) in [7, 11) is 0. The van der Waals surface area contributed by atoms with E-state index in [9.17, 15) is 0 Å². The third-order valence-electron chi connectivity index (χ3n) is 2.43. The monoisotopic (exact) mass is 254 g/mol. The number of nitrogens with zero attached hydrogens (tertiary/aromatic N) is 1. The third-order valence-corrected chi connectivity index (χ3v) is 2.73. The van der Waals surface area contributed by atoms with Crippen LogP contribution in [-0.4, -0.2) is 12.8 Å². The van der Waals surface area contributed by atoms with Gasteiger partial charge in [0.25, 0.3) is 0 Å². The molecule has 0 spiro atoms. The van der Waals surface area contributed by atoms with E-state index in [1.165, 1.54) is 19.3 Å². The molecule has 94 valence electrons. The van der Waals surface area contributed by atoms with Crippen LogP contribution in [0.5, 0.6) is 5.75 Å². The van der Waals surface area contributed by atoms with E-state index in [0.717, 1.165) is 17.7 Å². The Morgan fingerprint density at radius 2 is 2.18 bits per heavy atom. The fraction of sp³-hybridized carbons (Fsp3) is 0.462. The predicted molar refractivity (Wildman–Crippen MR) is 72.9 cm³/mol. The van der Waals surface area contributed by atoms with Gasteiger partial charge in [-0.05, 0) is 30.2 Å². The van der Waals surface area contributed by atoms with Gasteiger partial charge < -0.3 is 10.6 Å². The second kappa shape index (κ2) is 7.96. The zero-order chi connectivity index (χ0) is 12.5. The van der Waals surface area contributed by atoms with E-state index in [0.29, 0.717) is 11.6 Å². The lowest BCUT2D eigenvalue weighted by atomic mass is 10.2. The Kier molecular flexibility index (Phi) is 6.48. The van der Waals surface area contributed by atoms with Gasteiger partial charge in [-0.2, -0.15) is 5.10 Å². The van der Waals surface area contributed by atoms with Gasteiger partial charge in [0.05, 0.1) is 17.8 Å². The van der Waals surface area contributed by atoms with Gasteiger partial charge in [0.2, 0.25) is 0 Å². The number of ether oxygens (including phenoxy) is 1. The molecule has 0 atom stereocenters. The summed E-state index contributed by atoms with van der Waals surface area (Å²) < 4.78 is 5.61. The number of hydrogen-bond donors (Lipinski definition) is 1. The first-order valence-electron chi connectivity index (χ1n) is 5.93. The molecule has 0 aliphatic rings. The molecule has 0 saturated carbocycles. The number of nitrogens with two attached hydrogens (primary N) is 1. The Balaban J connectivity index is 2.43. The van der Waals surface area contributed by atoms with E-state index in [1.807, 2.05) is 12.1 Å². The highest BCUT2D eigenvalue weighted by molar-refractivity contribution is 6.32. The summed E-state index contributed by atoms with van der Waals surface area (Å²) in [5, 5.41) is 4.04. The number of hydrogen-bond acceptors (Lipinski definition) is 3. The normalized spacial score (nSPS) is 10.9. The topological polar surface area (TPSA) is 47.6 Å². The van der Waals surface area contributed by atoms with Crippen molar-refractivity contribution in [2.75, 3.05) is 6.61 Å². The van der Waals surface area contributed by atoms with Crippen LogP contribution in [0.15, 0.2) is 23.3 Å². The first kappa shape index (κ1) is 13.8. The first-order valence-corrected chi connectivity index (χ1v) is 6.31. The molecule has 0 radical (unpaired) electrons. The average Bonchev–Trinajstić information content (AvgIpc) is 2.32. The van der Waals surface area contributed by atoms with Crippen molar-refractivity contribution in [3.63, 3.8) is 0 Å². The molecular weight excluding hydrogens is 236 g/mol. The fourth-order valence-electron chi connectivity index (χ4n) is 1.51. The summed E-state index contributed by atoms with van der Waals surface area (Å²) in [4.78, 5) is 0. The van der Waals surface area contributed by atoms with E-state index in [1.54, 1.807) is 12.3 Å². The van der Waals surface area contributed by atoms with E-state index in [4.69, 9.17) is 22.2 Å². The molecule has 0 fully saturated rings. The summed E-state index contributed by atoms with van der Waals surface area (Å²) >= 11 is 6.08. The van der Waals surface area contributed by atoms with Gasteiger partial charge in [-0.15, -0.1) is 0 Å². The molecule has 1 rings (SSSR count). The Labute approximate surface area is 108 Å². The molecule has 2 N–H and O–H groups in total. The minimum atomic E-state index is 0.595. The lowest BCUT2D eigenvalue weighted by Crippen LogP contribution is -1.98. The van der Waals surface area contributed by atoms with Crippen molar-refractivity contribution in [3.05, 3.63) is 28.8 Å². The summed E-state index contributed by atoms with van der Waals surface area (Å²) in [5.41, 5.74) is 0.871. The molecule has 0 amide bonds. The maximum Gasteiger partial charge on any atom is 0.137 e. The Hall–Kier alpha value is -1.22. The zero-order valence-electron chi connectivity index (χ0n) is 10.2. The molecule has 0 aliphatic heterocycles. The van der Waals surface area contributed by atoms with Gasteiger partial charge in [-0.1, -0.05) is 37.8 Å². The zero-order valence-corrected chi connectivity index (χ0v) is 10.9. The van der Waals surface area contributed by atoms with Gasteiger partial charge in [-0.25, -0.2) is 0 Å². The maximum atomic E-state index is 6.08. The standard InChI is InChI=1S/C13H19ClN2O/c1-2-3-4-5-8-17-13-7-6-11(10-16-15)9-12(13)14/h6-7,9-10H,2-5,8,15H2,1H3. The van der Waals surface area contributed by atoms with Crippen molar-refractivity contribution in [2.45, 2.75) is 32.6 Å². The van der Waals surface area contributed by atoms with Crippen molar-refractivity contribution < 1.29 is 4.74 Å². The molecule has 1 aromatic rings. The lowest BCUT2D eigenvalue weighted by molar-refractivity contribution is 0.305. The highest BCUT2D eigenvalue weighted by atomic mass is 35.5. The van der Waals surface area contributed by atoms with Crippen molar-refractivity contribution in [3.8, 4) is 5.75 Å². The molecule has 0 heterocycles. The van der Waals surface area contributed by atoms with Crippen molar-refractivity contribution >= 4 is 17.8 Å². The van der Waals surface area contributed by atoms with Crippen LogP contribution in [-0.2, 0) is 0 Å². The van der Waals surface area contributed by atoms with Gasteiger partial charge >= 0.3 is 0 Å². The Morgan fingerprint density at radius 1 is 1.35 bits per heavy atom. The molecule has 0 saturated heterocycles. The summed E-state index contributed by atoms with van der Waals surface area (Å²) in [6.07, 6.45) is 6.30. The molecule has 3 nitrogen and oxygen atoms in total. The largest absolute Gasteiger partial charge is 0.492 e. The van der Waals surface area contributed by atoms with E-state index in [-0.39, 0.29) is 0 Å². The van der Waals surface area contributed by atoms with Crippen LogP contribution in [0.25, 0.3) is 0 Å². The van der Waals surface area contributed by atoms with Crippen LogP contribution in [0, 0.1) is 0 Å². The molecule has 4 heteroatoms. The van der Waals surface area contributed by atoms with Gasteiger partial charge in [0, 0.05) is 0 Å². The summed E-state index contributed by atoms with van der Waals surface area (Å²) in [6.45, 7) is 2.90. The third kappa shape index (κ3) is 5.09. The molecule has 0 aromatic heterocycles. The van der Waals surface area contributed by atoms with Crippen LogP contribution in [0.4, 0.5) is 0 Å². The average molecular weight is 255 g/mol. The van der Waals surface area contributed by atoms with Crippen molar-refractivity contribution in [2.24, 2.45) is 10.9 Å². The second-order valence-corrected chi connectivity index (χ2v) is 4.28. The molecule has 0 unspecified atom stereocenters. The van der Waals surface area contributed by atoms with E-state index < -0.39 is 0 Å². The Bertz CT molecular complexity index is 366. The predicted octanol–water partition coefficient (Wildman–Crippen LogP) is 3.59. The fourth-order valence-corrected chi connectivity index (χ4v) is 1.76. The quantitative estimate of drug-likeness (QED) is 0.350. The molecular formula is C13H19ClN2O. The smallest absolute Gasteiger partial charge is 0.137 e. The van der Waals surface area contributed by atoms with Crippen LogP contribution < -0.4 is 10.6 Å². The second-order valence-electron chi connectivity index (χ2n) is 3.88. The minimum absolute atomic E-state index is 0.595. The van der Waals surface area contributed by atoms with E-state index >= 15 is 0 Å². The van der Waals surface area contributed by atoms with Crippen LogP contribution in [0.1, 0.15) is 38.2 Å². The van der Waals surface area contributed by atoms with Crippen molar-refractivity contribution in [1.29, 1.82) is 0 Å². The number of rotatable bonds is 7. The van der Waals surface area contributed by atoms with Crippen molar-refractivity contribution in [1.82, 2.24) is 0 Å². The number of halogens is 1. The number of hydrazone groups is 1. The van der Waals surface area contributed by atoms with Crippen LogP contribution >= 0.6 is 11.6 Å². The highest BCUT2D eigenvalue weighted by Crippen LogP contribution is 2.25. The molecule has 1 aromatic carbocycles. The first-order chi connectivity index (χ1) is 8.27. The maximum absolute atomic E-state index is 6.08. The number of benzene rings is 1. The van der Waals surface area contributed by atoms with Gasteiger partial charge in [0.1, 0.15) is 5.75 Å². The van der Waals surface area contributed by atoms with Crippen LogP contribution in [0.2, 0.25) is 5.02 Å². The van der Waals surface area contributed by atoms with Crippen LogP contribution in [0.3, 0.4) is 0 Å². The minimum Gasteiger partial charge on any atom is -0.492 e. The SMILES string of the molecule is CCCCCCOc1ccc(C=NN)cc1Cl. The molecule has 0 aliphatic carbocycles. The van der Waals surface area contributed by atoms with Gasteiger partial charge in [0.15, 0.2) is 0 Å². The molecule has 17 heavy (non-hydrogen) atoms. The summed E-state index contributed by atoms with van der Waals surface area (Å²) in [6, 6.07) is 5.52. The Morgan fingerprint density at radius 3 is 2.82 bits per heavy atom. The lowest BCUT2D eigenvalue weighted by Gasteiger charge is -2.08. The number of unbranched alkanes of at least 4 members (excludes halogenated alkanes) is 3. The van der Waals surface area contributed by atoms with E-state index in [2.05, 4.69) is 12.0 Å². The van der Waals surface area contributed by atoms with Gasteiger partial charge in [-0.3, -0.25) is 0 Å². The molecule has 0 bridgehead atoms.